The second-order valence-electron chi connectivity index (χ2n) is 10.8. The van der Waals surface area contributed by atoms with Crippen LogP contribution in [0.25, 0.3) is 0 Å². The third-order valence-corrected chi connectivity index (χ3v) is 9.63. The molecule has 0 bridgehead atoms. The summed E-state index contributed by atoms with van der Waals surface area (Å²) in [6.45, 7) is 6.05. The lowest BCUT2D eigenvalue weighted by molar-refractivity contribution is -0.114. The molecule has 2 aliphatic rings. The van der Waals surface area contributed by atoms with Crippen molar-refractivity contribution in [2.45, 2.75) is 30.8 Å². The molecule has 1 saturated heterocycles. The minimum absolute atomic E-state index is 0.0884. The van der Waals surface area contributed by atoms with Crippen molar-refractivity contribution in [2.24, 2.45) is 5.73 Å². The van der Waals surface area contributed by atoms with Gasteiger partial charge in [0.05, 0.1) is 33.9 Å². The molecule has 1 fully saturated rings. The van der Waals surface area contributed by atoms with Crippen molar-refractivity contribution in [1.82, 2.24) is 19.4 Å². The van der Waals surface area contributed by atoms with Gasteiger partial charge in [-0.3, -0.25) is 14.7 Å². The Morgan fingerprint density at radius 1 is 1.05 bits per heavy atom. The number of hydrogen-bond acceptors (Lipinski definition) is 8. The number of amides is 2. The number of carbonyl (C=O) groups excluding carboxylic acids is 2. The van der Waals surface area contributed by atoms with Crippen LogP contribution < -0.4 is 21.3 Å². The molecule has 2 aromatic carbocycles. The Morgan fingerprint density at radius 3 is 2.36 bits per heavy atom. The lowest BCUT2D eigenvalue weighted by Gasteiger charge is -2.34. The third-order valence-electron chi connectivity index (χ3n) is 7.64. The highest BCUT2D eigenvalue weighted by molar-refractivity contribution is 7.89. The van der Waals surface area contributed by atoms with Gasteiger partial charge in [-0.2, -0.15) is 9.40 Å². The van der Waals surface area contributed by atoms with Crippen LogP contribution in [0.4, 0.5) is 26.0 Å². The molecular formula is C27H32F2N8O4S. The van der Waals surface area contributed by atoms with E-state index in [0.29, 0.717) is 17.3 Å². The van der Waals surface area contributed by atoms with Gasteiger partial charge in [0.25, 0.3) is 5.91 Å². The number of fused-ring (bicyclic) bond motifs is 1. The van der Waals surface area contributed by atoms with Crippen LogP contribution in [0.1, 0.15) is 35.5 Å². The Kier molecular flexibility index (Phi) is 7.78. The van der Waals surface area contributed by atoms with E-state index in [1.807, 2.05) is 7.05 Å². The van der Waals surface area contributed by atoms with Gasteiger partial charge in [-0.05, 0) is 51.2 Å². The fraction of sp³-hybridized carbons (Fsp3) is 0.370. The Hall–Kier alpha value is -3.92. The van der Waals surface area contributed by atoms with Gasteiger partial charge in [-0.1, -0.05) is 0 Å². The van der Waals surface area contributed by atoms with Gasteiger partial charge in [0.1, 0.15) is 11.6 Å². The van der Waals surface area contributed by atoms with Crippen molar-refractivity contribution in [3.8, 4) is 0 Å². The van der Waals surface area contributed by atoms with E-state index in [-0.39, 0.29) is 30.2 Å². The van der Waals surface area contributed by atoms with Crippen LogP contribution in [0.5, 0.6) is 0 Å². The summed E-state index contributed by atoms with van der Waals surface area (Å²) in [5, 5.41) is 12.4. The summed E-state index contributed by atoms with van der Waals surface area (Å²) in [6, 6.07) is 7.22. The van der Waals surface area contributed by atoms with Gasteiger partial charge in [0, 0.05) is 50.0 Å². The number of benzene rings is 2. The van der Waals surface area contributed by atoms with E-state index < -0.39 is 43.9 Å². The number of nitrogens with one attached hydrogen (secondary N) is 3. The molecule has 0 aliphatic carbocycles. The summed E-state index contributed by atoms with van der Waals surface area (Å²) in [6.07, 6.45) is 0. The summed E-state index contributed by atoms with van der Waals surface area (Å²) in [4.78, 5) is 29.5. The maximum absolute atomic E-state index is 13.9. The van der Waals surface area contributed by atoms with E-state index in [1.54, 1.807) is 32.0 Å². The molecule has 0 radical (unpaired) electrons. The van der Waals surface area contributed by atoms with Crippen molar-refractivity contribution in [1.29, 1.82) is 0 Å². The van der Waals surface area contributed by atoms with Crippen molar-refractivity contribution < 1.29 is 26.8 Å². The number of carbonyl (C=O) groups is 2. The highest BCUT2D eigenvalue weighted by atomic mass is 32.2. The summed E-state index contributed by atoms with van der Waals surface area (Å²) < 4.78 is 55.7. The molecule has 0 saturated carbocycles. The number of likely N-dealkylation sites (N-methyl/N-ethyl adjacent to an activating group) is 1. The lowest BCUT2D eigenvalue weighted by Crippen LogP contribution is -2.44. The molecular weight excluding hydrogens is 570 g/mol. The second kappa shape index (κ2) is 11.1. The van der Waals surface area contributed by atoms with Gasteiger partial charge in [-0.25, -0.2) is 17.2 Å². The Bertz CT molecular complexity index is 1630. The number of piperazine rings is 1. The highest BCUT2D eigenvalue weighted by Crippen LogP contribution is 2.44. The van der Waals surface area contributed by atoms with Crippen LogP contribution in [-0.4, -0.2) is 79.4 Å². The van der Waals surface area contributed by atoms with Crippen molar-refractivity contribution >= 4 is 39.0 Å². The molecule has 3 aromatic rings. The maximum atomic E-state index is 13.9. The zero-order valence-electron chi connectivity index (χ0n) is 23.4. The number of rotatable bonds is 7. The molecule has 1 aromatic heterocycles. The summed E-state index contributed by atoms with van der Waals surface area (Å²) in [5.41, 5.74) is 6.40. The number of nitrogens with two attached hydrogens (primary N) is 1. The standard InChI is InChI=1S/C27H32F2N8O4S/c1-27(2)24-21(15-37(27)42(40,41)19-11-16(28)10-17(29)12-19)25(34-33-24)32-26(39)20-5-4-18(13-22(20)31-23(38)14-30)36-8-6-35(3)7-9-36/h4-5,10-13H,6-9,14-15,30H2,1-3H3,(H,31,38)(H2,32,33,34,39). The average Bonchev–Trinajstić information content (AvgIpc) is 3.46. The van der Waals surface area contributed by atoms with Gasteiger partial charge >= 0.3 is 0 Å². The second-order valence-corrected chi connectivity index (χ2v) is 12.7. The van der Waals surface area contributed by atoms with Crippen LogP contribution in [0.3, 0.4) is 0 Å². The zero-order chi connectivity index (χ0) is 30.4. The number of halogens is 2. The maximum Gasteiger partial charge on any atom is 0.258 e. The number of aromatic amines is 1. The van der Waals surface area contributed by atoms with Gasteiger partial charge < -0.3 is 26.2 Å². The van der Waals surface area contributed by atoms with E-state index >= 15 is 0 Å². The topological polar surface area (TPSA) is 157 Å². The van der Waals surface area contributed by atoms with Crippen LogP contribution in [0.15, 0.2) is 41.3 Å². The summed E-state index contributed by atoms with van der Waals surface area (Å²) >= 11 is 0. The predicted octanol–water partition coefficient (Wildman–Crippen LogP) is 2.03. The largest absolute Gasteiger partial charge is 0.369 e. The van der Waals surface area contributed by atoms with Crippen molar-refractivity contribution in [2.75, 3.05) is 55.3 Å². The zero-order valence-corrected chi connectivity index (χ0v) is 24.2. The molecule has 224 valence electrons. The van der Waals surface area contributed by atoms with E-state index in [1.165, 1.54) is 0 Å². The number of sulfonamides is 1. The highest BCUT2D eigenvalue weighted by Gasteiger charge is 2.48. The molecule has 5 rings (SSSR count). The lowest BCUT2D eigenvalue weighted by atomic mass is 10.0. The fourth-order valence-electron chi connectivity index (χ4n) is 5.26. The van der Waals surface area contributed by atoms with E-state index in [9.17, 15) is 26.8 Å². The van der Waals surface area contributed by atoms with Gasteiger partial charge in [0.2, 0.25) is 15.9 Å². The Morgan fingerprint density at radius 2 is 1.71 bits per heavy atom. The van der Waals surface area contributed by atoms with E-state index in [2.05, 4.69) is 30.6 Å². The SMILES string of the molecule is CN1CCN(c2ccc(C(=O)Nc3n[nH]c4c3CN(S(=O)(=O)c3cc(F)cc(F)c3)C4(C)C)c(NC(=O)CN)c2)CC1. The molecule has 5 N–H and O–H groups in total. The molecule has 12 nitrogen and oxygen atoms in total. The molecule has 15 heteroatoms. The number of H-pyrrole nitrogens is 1. The first kappa shape index (κ1) is 29.6. The first-order chi connectivity index (χ1) is 19.8. The molecule has 42 heavy (non-hydrogen) atoms. The van der Waals surface area contributed by atoms with Gasteiger partial charge in [-0.15, -0.1) is 0 Å². The van der Waals surface area contributed by atoms with Crippen LogP contribution >= 0.6 is 0 Å². The molecule has 3 heterocycles. The van der Waals surface area contributed by atoms with Crippen LogP contribution in [0.2, 0.25) is 0 Å². The van der Waals surface area contributed by atoms with E-state index in [0.717, 1.165) is 48.3 Å². The first-order valence-corrected chi connectivity index (χ1v) is 14.7. The van der Waals surface area contributed by atoms with E-state index in [4.69, 9.17) is 5.73 Å². The number of nitrogens with zero attached hydrogens (tertiary/aromatic N) is 4. The number of hydrogen-bond donors (Lipinski definition) is 4. The van der Waals surface area contributed by atoms with Crippen LogP contribution in [0, 0.1) is 11.6 Å². The Balaban J connectivity index is 1.42. The monoisotopic (exact) mass is 602 g/mol. The molecule has 0 unspecified atom stereocenters. The van der Waals surface area contributed by atoms with Crippen molar-refractivity contribution in [3.05, 3.63) is 64.9 Å². The Labute approximate surface area is 241 Å². The normalized spacial score (nSPS) is 17.2. The number of aromatic nitrogens is 2. The minimum Gasteiger partial charge on any atom is -0.369 e. The first-order valence-electron chi connectivity index (χ1n) is 13.3. The molecule has 0 atom stereocenters. The van der Waals surface area contributed by atoms with Crippen LogP contribution in [-0.2, 0) is 26.9 Å². The third kappa shape index (κ3) is 5.47. The smallest absolute Gasteiger partial charge is 0.258 e. The summed E-state index contributed by atoms with van der Waals surface area (Å²) in [5.74, 6) is -3.01. The quantitative estimate of drug-likeness (QED) is 0.320. The molecule has 2 aliphatic heterocycles. The predicted molar refractivity (Wildman–Crippen MR) is 152 cm³/mol. The minimum atomic E-state index is -4.34. The fourth-order valence-corrected chi connectivity index (χ4v) is 7.02. The molecule has 0 spiro atoms. The summed E-state index contributed by atoms with van der Waals surface area (Å²) in [7, 11) is -2.30. The number of anilines is 3. The van der Waals surface area contributed by atoms with Gasteiger partial charge in [0.15, 0.2) is 5.82 Å². The average molecular weight is 603 g/mol. The van der Waals surface area contributed by atoms with Crippen molar-refractivity contribution in [3.63, 3.8) is 0 Å². The molecule has 2 amide bonds.